The van der Waals surface area contributed by atoms with Crippen LogP contribution in [-0.4, -0.2) is 27.6 Å². The number of amides is 1. The second kappa shape index (κ2) is 5.94. The minimum absolute atomic E-state index is 0.207. The molecule has 7 heteroatoms. The summed E-state index contributed by atoms with van der Waals surface area (Å²) in [5.41, 5.74) is 0.530. The summed E-state index contributed by atoms with van der Waals surface area (Å²) in [5, 5.41) is 9.40. The van der Waals surface area contributed by atoms with Gasteiger partial charge in [-0.05, 0) is 26.0 Å². The van der Waals surface area contributed by atoms with E-state index in [9.17, 15) is 4.79 Å². The maximum Gasteiger partial charge on any atom is 0.251 e. The van der Waals surface area contributed by atoms with Crippen molar-refractivity contribution in [3.05, 3.63) is 35.6 Å². The Morgan fingerprint density at radius 1 is 1.47 bits per heavy atom. The number of hydrogen-bond donors (Lipinski definition) is 2. The molecule has 100 valence electrons. The fraction of sp³-hybridized carbons (Fsp3) is 0.333. The van der Waals surface area contributed by atoms with E-state index in [1.165, 1.54) is 0 Å². The van der Waals surface area contributed by atoms with E-state index in [1.54, 1.807) is 25.3 Å². The first-order chi connectivity index (χ1) is 9.19. The molecule has 0 saturated heterocycles. The minimum Gasteiger partial charge on any atom is -0.370 e. The molecule has 0 radical (unpaired) electrons. The van der Waals surface area contributed by atoms with Crippen LogP contribution in [0.1, 0.15) is 29.0 Å². The van der Waals surface area contributed by atoms with Gasteiger partial charge in [0.05, 0.1) is 6.54 Å². The first-order valence-electron chi connectivity index (χ1n) is 5.96. The molecule has 1 amide bonds. The number of nitrogens with one attached hydrogen (secondary N) is 2. The summed E-state index contributed by atoms with van der Waals surface area (Å²) in [6.45, 7) is 4.64. The summed E-state index contributed by atoms with van der Waals surface area (Å²) in [6.07, 6.45) is 1.59. The van der Waals surface area contributed by atoms with Crippen molar-refractivity contribution >= 4 is 11.7 Å². The fourth-order valence-electron chi connectivity index (χ4n) is 1.52. The van der Waals surface area contributed by atoms with E-state index in [4.69, 9.17) is 4.52 Å². The molecule has 0 bridgehead atoms. The lowest BCUT2D eigenvalue weighted by Gasteiger charge is -2.05. The van der Waals surface area contributed by atoms with Gasteiger partial charge in [0.1, 0.15) is 5.82 Å². The van der Waals surface area contributed by atoms with Crippen molar-refractivity contribution in [3.8, 4) is 0 Å². The van der Waals surface area contributed by atoms with Crippen LogP contribution in [0, 0.1) is 6.92 Å². The molecule has 0 fully saturated rings. The molecule has 2 aromatic rings. The van der Waals surface area contributed by atoms with Crippen molar-refractivity contribution in [2.75, 3.05) is 11.9 Å². The Hall–Kier alpha value is -2.44. The first-order valence-corrected chi connectivity index (χ1v) is 5.96. The maximum atomic E-state index is 11.9. The number of anilines is 1. The first kappa shape index (κ1) is 13.0. The Balaban J connectivity index is 1.97. The van der Waals surface area contributed by atoms with Crippen molar-refractivity contribution in [2.24, 2.45) is 0 Å². The third kappa shape index (κ3) is 3.51. The van der Waals surface area contributed by atoms with Crippen LogP contribution < -0.4 is 10.6 Å². The number of aromatic nitrogens is 3. The zero-order valence-electron chi connectivity index (χ0n) is 10.8. The monoisotopic (exact) mass is 261 g/mol. The van der Waals surface area contributed by atoms with Gasteiger partial charge >= 0.3 is 0 Å². The second-order valence-corrected chi connectivity index (χ2v) is 3.88. The molecule has 2 aromatic heterocycles. The molecule has 19 heavy (non-hydrogen) atoms. The zero-order chi connectivity index (χ0) is 13.7. The quantitative estimate of drug-likeness (QED) is 0.838. The van der Waals surface area contributed by atoms with Crippen LogP contribution in [0.15, 0.2) is 22.9 Å². The molecule has 0 aliphatic heterocycles. The summed E-state index contributed by atoms with van der Waals surface area (Å²) in [4.78, 5) is 20.0. The number of hydrogen-bond acceptors (Lipinski definition) is 6. The van der Waals surface area contributed by atoms with Gasteiger partial charge < -0.3 is 15.2 Å². The lowest BCUT2D eigenvalue weighted by Crippen LogP contribution is -2.23. The fourth-order valence-corrected chi connectivity index (χ4v) is 1.52. The Labute approximate surface area is 110 Å². The van der Waals surface area contributed by atoms with Gasteiger partial charge in [-0.2, -0.15) is 4.98 Å². The molecule has 0 unspecified atom stereocenters. The van der Waals surface area contributed by atoms with Gasteiger partial charge in [-0.25, -0.2) is 4.98 Å². The molecule has 2 N–H and O–H groups in total. The predicted molar refractivity (Wildman–Crippen MR) is 68.6 cm³/mol. The summed E-state index contributed by atoms with van der Waals surface area (Å²) in [6, 6.07) is 3.34. The predicted octanol–water partition coefficient (Wildman–Crippen LogP) is 1.13. The smallest absolute Gasteiger partial charge is 0.251 e. The average molecular weight is 261 g/mol. The van der Waals surface area contributed by atoms with Crippen molar-refractivity contribution in [1.29, 1.82) is 0 Å². The van der Waals surface area contributed by atoms with Crippen molar-refractivity contribution < 1.29 is 9.32 Å². The van der Waals surface area contributed by atoms with Gasteiger partial charge in [0, 0.05) is 18.3 Å². The maximum absolute atomic E-state index is 11.9. The number of rotatable bonds is 5. The summed E-state index contributed by atoms with van der Waals surface area (Å²) in [7, 11) is 0. The highest BCUT2D eigenvalue weighted by Crippen LogP contribution is 2.06. The molecule has 2 rings (SSSR count). The van der Waals surface area contributed by atoms with Crippen LogP contribution in [0.2, 0.25) is 0 Å². The number of nitrogens with zero attached hydrogens (tertiary/aromatic N) is 3. The number of pyridine rings is 1. The standard InChI is InChI=1S/C12H15N5O2/c1-3-13-10-6-9(4-5-14-10)12(18)15-7-11-16-8(2)17-19-11/h4-6H,3,7H2,1-2H3,(H,13,14)(H,15,18). The Bertz CT molecular complexity index is 567. The molecule has 0 aliphatic carbocycles. The molecular weight excluding hydrogens is 246 g/mol. The molecule has 0 aromatic carbocycles. The van der Waals surface area contributed by atoms with Crippen molar-refractivity contribution in [2.45, 2.75) is 20.4 Å². The lowest BCUT2D eigenvalue weighted by molar-refractivity contribution is 0.0946. The van der Waals surface area contributed by atoms with Gasteiger partial charge in [0.25, 0.3) is 5.91 Å². The van der Waals surface area contributed by atoms with Crippen molar-refractivity contribution in [3.63, 3.8) is 0 Å². The van der Waals surface area contributed by atoms with E-state index in [0.717, 1.165) is 6.54 Å². The van der Waals surface area contributed by atoms with Gasteiger partial charge in [0.15, 0.2) is 5.82 Å². The van der Waals surface area contributed by atoms with Gasteiger partial charge in [-0.1, -0.05) is 5.16 Å². The van der Waals surface area contributed by atoms with Crippen LogP contribution in [0.5, 0.6) is 0 Å². The number of carbonyl (C=O) groups is 1. The molecular formula is C12H15N5O2. The highest BCUT2D eigenvalue weighted by Gasteiger charge is 2.09. The van der Waals surface area contributed by atoms with Gasteiger partial charge in [-0.3, -0.25) is 4.79 Å². The third-order valence-corrected chi connectivity index (χ3v) is 2.35. The van der Waals surface area contributed by atoms with Crippen LogP contribution in [0.4, 0.5) is 5.82 Å². The van der Waals surface area contributed by atoms with E-state index >= 15 is 0 Å². The highest BCUT2D eigenvalue weighted by atomic mass is 16.5. The Kier molecular flexibility index (Phi) is 4.07. The molecule has 0 atom stereocenters. The average Bonchev–Trinajstić information content (AvgIpc) is 2.82. The normalized spacial score (nSPS) is 10.2. The topological polar surface area (TPSA) is 92.9 Å². The molecule has 7 nitrogen and oxygen atoms in total. The van der Waals surface area contributed by atoms with E-state index in [-0.39, 0.29) is 12.5 Å². The largest absolute Gasteiger partial charge is 0.370 e. The highest BCUT2D eigenvalue weighted by molar-refractivity contribution is 5.94. The minimum atomic E-state index is -0.211. The molecule has 0 aliphatic rings. The van der Waals surface area contributed by atoms with Crippen LogP contribution in [0.25, 0.3) is 0 Å². The van der Waals surface area contributed by atoms with Gasteiger partial charge in [0.2, 0.25) is 5.89 Å². The number of carbonyl (C=O) groups excluding carboxylic acids is 1. The Morgan fingerprint density at radius 2 is 2.32 bits per heavy atom. The molecule has 2 heterocycles. The Morgan fingerprint density at radius 3 is 3.00 bits per heavy atom. The van der Waals surface area contributed by atoms with Crippen LogP contribution in [-0.2, 0) is 6.54 Å². The molecule has 0 saturated carbocycles. The summed E-state index contributed by atoms with van der Waals surface area (Å²) in [5.74, 6) is 1.38. The summed E-state index contributed by atoms with van der Waals surface area (Å²) >= 11 is 0. The van der Waals surface area contributed by atoms with E-state index < -0.39 is 0 Å². The zero-order valence-corrected chi connectivity index (χ0v) is 10.8. The molecule has 0 spiro atoms. The van der Waals surface area contributed by atoms with E-state index in [0.29, 0.717) is 23.1 Å². The van der Waals surface area contributed by atoms with E-state index in [2.05, 4.69) is 25.8 Å². The SMILES string of the molecule is CCNc1cc(C(=O)NCc2nc(C)no2)ccn1. The lowest BCUT2D eigenvalue weighted by atomic mass is 10.2. The number of aryl methyl sites for hydroxylation is 1. The third-order valence-electron chi connectivity index (χ3n) is 2.35. The van der Waals surface area contributed by atoms with Crippen LogP contribution >= 0.6 is 0 Å². The van der Waals surface area contributed by atoms with Crippen LogP contribution in [0.3, 0.4) is 0 Å². The second-order valence-electron chi connectivity index (χ2n) is 3.88. The van der Waals surface area contributed by atoms with E-state index in [1.807, 2.05) is 6.92 Å². The van der Waals surface area contributed by atoms with Crippen molar-refractivity contribution in [1.82, 2.24) is 20.4 Å². The van der Waals surface area contributed by atoms with Gasteiger partial charge in [-0.15, -0.1) is 0 Å². The summed E-state index contributed by atoms with van der Waals surface area (Å²) < 4.78 is 4.91.